The van der Waals surface area contributed by atoms with Crippen molar-refractivity contribution in [1.29, 1.82) is 0 Å². The van der Waals surface area contributed by atoms with Crippen molar-refractivity contribution in [3.63, 3.8) is 0 Å². The zero-order valence-electron chi connectivity index (χ0n) is 12.0. The first-order valence-corrected chi connectivity index (χ1v) is 6.61. The van der Waals surface area contributed by atoms with E-state index < -0.39 is 0 Å². The fourth-order valence-electron chi connectivity index (χ4n) is 2.15. The van der Waals surface area contributed by atoms with Gasteiger partial charge in [0.05, 0.1) is 0 Å². The molecule has 106 valence electrons. The van der Waals surface area contributed by atoms with Gasteiger partial charge in [-0.2, -0.15) is 15.0 Å². The van der Waals surface area contributed by atoms with Crippen molar-refractivity contribution in [1.82, 2.24) is 15.0 Å². The number of hydrogen-bond donors (Lipinski definition) is 2. The molecule has 2 rings (SSSR count). The van der Waals surface area contributed by atoms with E-state index in [4.69, 9.17) is 5.84 Å². The summed E-state index contributed by atoms with van der Waals surface area (Å²) >= 11 is 0. The number of aromatic hydroxyl groups is 1. The standard InChI is InChI=1S/C14H19N5O/c1-4-9-7-6-8-10(5-2)11(9)12-16-13(19(3)15)18-14(20)17-12/h6-8H,4-5,15H2,1-3H3,(H,16,17,18,20). The van der Waals surface area contributed by atoms with Crippen LogP contribution in [-0.4, -0.2) is 27.1 Å². The second-order valence-electron chi connectivity index (χ2n) is 4.53. The molecule has 0 atom stereocenters. The van der Waals surface area contributed by atoms with E-state index in [-0.39, 0.29) is 12.0 Å². The lowest BCUT2D eigenvalue weighted by Gasteiger charge is -2.14. The number of hydrogen-bond acceptors (Lipinski definition) is 6. The second-order valence-corrected chi connectivity index (χ2v) is 4.53. The van der Waals surface area contributed by atoms with Crippen molar-refractivity contribution in [2.24, 2.45) is 5.84 Å². The average Bonchev–Trinajstić information content (AvgIpc) is 2.45. The van der Waals surface area contributed by atoms with E-state index in [9.17, 15) is 5.11 Å². The third-order valence-electron chi connectivity index (χ3n) is 3.15. The average molecular weight is 273 g/mol. The minimum Gasteiger partial charge on any atom is -0.479 e. The second kappa shape index (κ2) is 5.83. The minimum atomic E-state index is -0.324. The lowest BCUT2D eigenvalue weighted by Crippen LogP contribution is -2.27. The SMILES string of the molecule is CCc1cccc(CC)c1-c1nc(O)nc(N(C)N)n1. The van der Waals surface area contributed by atoms with E-state index in [1.165, 1.54) is 5.01 Å². The number of nitrogens with zero attached hydrogens (tertiary/aromatic N) is 4. The number of benzene rings is 1. The lowest BCUT2D eigenvalue weighted by atomic mass is 9.97. The predicted molar refractivity (Wildman–Crippen MR) is 78.3 cm³/mol. The van der Waals surface area contributed by atoms with Crippen LogP contribution in [0.5, 0.6) is 6.01 Å². The van der Waals surface area contributed by atoms with Gasteiger partial charge >= 0.3 is 6.01 Å². The van der Waals surface area contributed by atoms with Crippen LogP contribution < -0.4 is 10.9 Å². The summed E-state index contributed by atoms with van der Waals surface area (Å²) in [6.45, 7) is 4.16. The first kappa shape index (κ1) is 14.2. The van der Waals surface area contributed by atoms with Gasteiger partial charge < -0.3 is 5.11 Å². The van der Waals surface area contributed by atoms with E-state index in [0.717, 1.165) is 29.5 Å². The highest BCUT2D eigenvalue weighted by Crippen LogP contribution is 2.27. The molecule has 1 aromatic carbocycles. The number of nitrogens with two attached hydrogens (primary N) is 1. The maximum Gasteiger partial charge on any atom is 0.319 e. The summed E-state index contributed by atoms with van der Waals surface area (Å²) in [4.78, 5) is 12.2. The summed E-state index contributed by atoms with van der Waals surface area (Å²) < 4.78 is 0. The largest absolute Gasteiger partial charge is 0.479 e. The molecule has 6 nitrogen and oxygen atoms in total. The third-order valence-corrected chi connectivity index (χ3v) is 3.15. The molecule has 2 aromatic rings. The number of anilines is 1. The molecule has 0 fully saturated rings. The van der Waals surface area contributed by atoms with Crippen LogP contribution in [0.25, 0.3) is 11.4 Å². The number of aryl methyl sites for hydroxylation is 2. The van der Waals surface area contributed by atoms with Crippen LogP contribution in [0.15, 0.2) is 18.2 Å². The summed E-state index contributed by atoms with van der Waals surface area (Å²) in [5.74, 6) is 6.33. The van der Waals surface area contributed by atoms with E-state index >= 15 is 0 Å². The Bertz CT molecular complexity index is 590. The van der Waals surface area contributed by atoms with Gasteiger partial charge in [-0.3, -0.25) is 5.01 Å². The van der Waals surface area contributed by atoms with Crippen molar-refractivity contribution in [2.75, 3.05) is 12.1 Å². The maximum atomic E-state index is 9.69. The molecule has 0 saturated carbocycles. The van der Waals surface area contributed by atoms with E-state index in [1.54, 1.807) is 7.05 Å². The number of aromatic nitrogens is 3. The zero-order chi connectivity index (χ0) is 14.7. The summed E-state index contributed by atoms with van der Waals surface area (Å²) in [5, 5.41) is 10.9. The fraction of sp³-hybridized carbons (Fsp3) is 0.357. The monoisotopic (exact) mass is 273 g/mol. The molecule has 0 saturated heterocycles. The minimum absolute atomic E-state index is 0.237. The Morgan fingerprint density at radius 3 is 2.20 bits per heavy atom. The van der Waals surface area contributed by atoms with Crippen molar-refractivity contribution in [2.45, 2.75) is 26.7 Å². The van der Waals surface area contributed by atoms with Crippen LogP contribution in [0.3, 0.4) is 0 Å². The molecule has 3 N–H and O–H groups in total. The van der Waals surface area contributed by atoms with Gasteiger partial charge in [-0.1, -0.05) is 32.0 Å². The highest BCUT2D eigenvalue weighted by molar-refractivity contribution is 5.66. The van der Waals surface area contributed by atoms with Gasteiger partial charge in [-0.05, 0) is 24.0 Å². The Hall–Kier alpha value is -2.21. The van der Waals surface area contributed by atoms with Crippen molar-refractivity contribution >= 4 is 5.95 Å². The van der Waals surface area contributed by atoms with Gasteiger partial charge in [-0.15, -0.1) is 0 Å². The van der Waals surface area contributed by atoms with Gasteiger partial charge in [0, 0.05) is 12.6 Å². The van der Waals surface area contributed by atoms with E-state index in [0.29, 0.717) is 5.82 Å². The van der Waals surface area contributed by atoms with Gasteiger partial charge in [-0.25, -0.2) is 5.84 Å². The normalized spacial score (nSPS) is 10.6. The molecule has 0 aliphatic rings. The van der Waals surface area contributed by atoms with Gasteiger partial charge in [0.1, 0.15) is 0 Å². The zero-order valence-corrected chi connectivity index (χ0v) is 12.0. The molecule has 20 heavy (non-hydrogen) atoms. The van der Waals surface area contributed by atoms with E-state index in [2.05, 4.69) is 28.8 Å². The molecule has 0 spiro atoms. The molecule has 0 bridgehead atoms. The first-order chi connectivity index (χ1) is 9.56. The highest BCUT2D eigenvalue weighted by Gasteiger charge is 2.15. The van der Waals surface area contributed by atoms with Gasteiger partial charge in [0.25, 0.3) is 0 Å². The Labute approximate surface area is 118 Å². The summed E-state index contributed by atoms with van der Waals surface area (Å²) in [6.07, 6.45) is 1.73. The van der Waals surface area contributed by atoms with E-state index in [1.807, 2.05) is 18.2 Å². The van der Waals surface area contributed by atoms with Gasteiger partial charge in [0.15, 0.2) is 5.82 Å². The fourth-order valence-corrected chi connectivity index (χ4v) is 2.15. The number of rotatable bonds is 4. The molecule has 0 amide bonds. The molecule has 0 unspecified atom stereocenters. The Morgan fingerprint density at radius 1 is 1.10 bits per heavy atom. The smallest absolute Gasteiger partial charge is 0.319 e. The lowest BCUT2D eigenvalue weighted by molar-refractivity contribution is 0.428. The maximum absolute atomic E-state index is 9.69. The first-order valence-electron chi connectivity index (χ1n) is 6.61. The van der Waals surface area contributed by atoms with Crippen LogP contribution in [0.4, 0.5) is 5.95 Å². The topological polar surface area (TPSA) is 88.2 Å². The molecular weight excluding hydrogens is 254 g/mol. The Kier molecular flexibility index (Phi) is 4.14. The molecule has 0 aliphatic carbocycles. The molecule has 1 aromatic heterocycles. The molecule has 0 aliphatic heterocycles. The third kappa shape index (κ3) is 2.70. The highest BCUT2D eigenvalue weighted by atomic mass is 16.3. The van der Waals surface area contributed by atoms with Gasteiger partial charge in [0.2, 0.25) is 5.95 Å². The number of hydrazine groups is 1. The summed E-state index contributed by atoms with van der Waals surface area (Å²) in [7, 11) is 1.62. The molecule has 1 heterocycles. The Morgan fingerprint density at radius 2 is 1.70 bits per heavy atom. The van der Waals surface area contributed by atoms with Crippen molar-refractivity contribution in [3.05, 3.63) is 29.3 Å². The molecule has 0 radical (unpaired) electrons. The van der Waals surface area contributed by atoms with Crippen LogP contribution in [0, 0.1) is 0 Å². The van der Waals surface area contributed by atoms with Crippen molar-refractivity contribution in [3.8, 4) is 17.4 Å². The van der Waals surface area contributed by atoms with Crippen molar-refractivity contribution < 1.29 is 5.11 Å². The van der Waals surface area contributed by atoms with Crippen LogP contribution >= 0.6 is 0 Å². The summed E-state index contributed by atoms with van der Waals surface area (Å²) in [5.41, 5.74) is 3.24. The molecule has 6 heteroatoms. The van der Waals surface area contributed by atoms with Crippen LogP contribution in [0.1, 0.15) is 25.0 Å². The molecular formula is C14H19N5O. The van der Waals surface area contributed by atoms with Crippen LogP contribution in [-0.2, 0) is 12.8 Å². The summed E-state index contributed by atoms with van der Waals surface area (Å²) in [6, 6.07) is 5.79. The Balaban J connectivity index is 2.67. The quantitative estimate of drug-likeness (QED) is 0.651. The van der Waals surface area contributed by atoms with Crippen LogP contribution in [0.2, 0.25) is 0 Å². The predicted octanol–water partition coefficient (Wildman–Crippen LogP) is 1.68.